The molecule has 0 amide bonds. The minimum atomic E-state index is -0.0938. The predicted octanol–water partition coefficient (Wildman–Crippen LogP) is 3.34. The Balaban J connectivity index is 2.00. The van der Waals surface area contributed by atoms with Crippen molar-refractivity contribution in [3.8, 4) is 11.1 Å². The number of anilines is 1. The first-order valence-electron chi connectivity index (χ1n) is 7.00. The second-order valence-electron chi connectivity index (χ2n) is 5.60. The van der Waals surface area contributed by atoms with Gasteiger partial charge in [0.25, 0.3) is 0 Å². The molecule has 1 aliphatic carbocycles. The Morgan fingerprint density at radius 1 is 1.35 bits per heavy atom. The van der Waals surface area contributed by atoms with Gasteiger partial charge in [0, 0.05) is 13.5 Å². The van der Waals surface area contributed by atoms with Crippen molar-refractivity contribution in [1.82, 2.24) is 5.16 Å². The zero-order valence-corrected chi connectivity index (χ0v) is 12.0. The van der Waals surface area contributed by atoms with Gasteiger partial charge >= 0.3 is 0 Å². The molecule has 1 aromatic heterocycles. The Labute approximate surface area is 118 Å². The van der Waals surface area contributed by atoms with E-state index in [0.29, 0.717) is 5.82 Å². The fourth-order valence-electron chi connectivity index (χ4n) is 2.92. The average molecular weight is 272 g/mol. The molecule has 106 valence electrons. The number of aromatic nitrogens is 1. The van der Waals surface area contributed by atoms with Crippen LogP contribution in [0.5, 0.6) is 0 Å². The van der Waals surface area contributed by atoms with Crippen LogP contribution in [0.1, 0.15) is 30.6 Å². The van der Waals surface area contributed by atoms with E-state index in [1.165, 1.54) is 12.0 Å². The van der Waals surface area contributed by atoms with Crippen LogP contribution in [0, 0.1) is 6.92 Å². The molecule has 0 saturated heterocycles. The highest BCUT2D eigenvalue weighted by Crippen LogP contribution is 2.41. The molecule has 4 nitrogen and oxygen atoms in total. The number of aryl methyl sites for hydroxylation is 1. The summed E-state index contributed by atoms with van der Waals surface area (Å²) in [6.07, 6.45) is 4.07. The normalized spacial score (nSPS) is 16.9. The average Bonchev–Trinajstić information content (AvgIpc) is 2.76. The topological polar surface area (TPSA) is 61.3 Å². The third-order valence-corrected chi connectivity index (χ3v) is 4.38. The maximum Gasteiger partial charge on any atom is 0.175 e. The van der Waals surface area contributed by atoms with Crippen molar-refractivity contribution in [3.63, 3.8) is 0 Å². The smallest absolute Gasteiger partial charge is 0.175 e. The van der Waals surface area contributed by atoms with Gasteiger partial charge in [-0.05, 0) is 37.3 Å². The van der Waals surface area contributed by atoms with Crippen molar-refractivity contribution >= 4 is 5.82 Å². The number of nitrogens with zero attached hydrogens (tertiary/aromatic N) is 1. The number of nitrogens with two attached hydrogens (primary N) is 1. The summed E-state index contributed by atoms with van der Waals surface area (Å²) in [6, 6.07) is 8.15. The van der Waals surface area contributed by atoms with Crippen molar-refractivity contribution in [1.29, 1.82) is 0 Å². The fraction of sp³-hybridized carbons (Fsp3) is 0.438. The molecular weight excluding hydrogens is 252 g/mol. The van der Waals surface area contributed by atoms with Crippen LogP contribution in [-0.2, 0) is 11.2 Å². The number of hydrogen-bond donors (Lipinski definition) is 1. The van der Waals surface area contributed by atoms with Crippen molar-refractivity contribution in [2.24, 2.45) is 0 Å². The Bertz CT molecular complexity index is 609. The Hall–Kier alpha value is -1.81. The molecule has 4 heteroatoms. The zero-order chi connectivity index (χ0) is 14.2. The molecule has 1 fully saturated rings. The maximum absolute atomic E-state index is 6.02. The number of ether oxygens (including phenoxy) is 1. The number of methoxy groups -OCH3 is 1. The minimum Gasteiger partial charge on any atom is -0.380 e. The van der Waals surface area contributed by atoms with E-state index in [1.807, 2.05) is 12.1 Å². The van der Waals surface area contributed by atoms with E-state index in [-0.39, 0.29) is 5.60 Å². The Kier molecular flexibility index (Phi) is 3.26. The molecule has 0 aliphatic heterocycles. The van der Waals surface area contributed by atoms with Crippen LogP contribution in [0.4, 0.5) is 5.82 Å². The number of rotatable bonds is 4. The summed E-state index contributed by atoms with van der Waals surface area (Å²) in [5.74, 6) is 1.29. The second kappa shape index (κ2) is 4.94. The van der Waals surface area contributed by atoms with Crippen LogP contribution in [0.25, 0.3) is 11.1 Å². The van der Waals surface area contributed by atoms with Crippen molar-refractivity contribution in [3.05, 3.63) is 35.6 Å². The van der Waals surface area contributed by atoms with E-state index in [1.54, 1.807) is 7.11 Å². The highest BCUT2D eigenvalue weighted by atomic mass is 16.5. The van der Waals surface area contributed by atoms with E-state index in [4.69, 9.17) is 15.0 Å². The SMILES string of the molecule is COC1(Cc2onc(N)c2-c2ccccc2C)CCC1. The number of hydrogen-bond acceptors (Lipinski definition) is 4. The largest absolute Gasteiger partial charge is 0.380 e. The zero-order valence-electron chi connectivity index (χ0n) is 12.0. The Morgan fingerprint density at radius 3 is 2.70 bits per heavy atom. The van der Waals surface area contributed by atoms with E-state index >= 15 is 0 Å². The summed E-state index contributed by atoms with van der Waals surface area (Å²) in [5.41, 5.74) is 9.10. The molecule has 2 N–H and O–H groups in total. The van der Waals surface area contributed by atoms with Gasteiger partial charge in [-0.3, -0.25) is 0 Å². The number of benzene rings is 1. The molecule has 1 aromatic carbocycles. The third kappa shape index (κ3) is 2.10. The molecule has 0 radical (unpaired) electrons. The summed E-state index contributed by atoms with van der Waals surface area (Å²) in [7, 11) is 1.77. The Morgan fingerprint density at radius 2 is 2.10 bits per heavy atom. The van der Waals surface area contributed by atoms with Gasteiger partial charge in [0.1, 0.15) is 5.76 Å². The van der Waals surface area contributed by atoms with Gasteiger partial charge in [-0.15, -0.1) is 0 Å². The minimum absolute atomic E-state index is 0.0938. The highest BCUT2D eigenvalue weighted by molar-refractivity contribution is 5.77. The first-order valence-corrected chi connectivity index (χ1v) is 7.00. The van der Waals surface area contributed by atoms with Gasteiger partial charge in [-0.2, -0.15) is 0 Å². The number of nitrogen functional groups attached to an aromatic ring is 1. The van der Waals surface area contributed by atoms with Crippen LogP contribution in [0.3, 0.4) is 0 Å². The van der Waals surface area contributed by atoms with Gasteiger partial charge < -0.3 is 15.0 Å². The van der Waals surface area contributed by atoms with E-state index in [2.05, 4.69) is 24.2 Å². The molecule has 1 heterocycles. The van der Waals surface area contributed by atoms with Crippen molar-refractivity contribution in [2.75, 3.05) is 12.8 Å². The van der Waals surface area contributed by atoms with Crippen LogP contribution in [0.2, 0.25) is 0 Å². The summed E-state index contributed by atoms with van der Waals surface area (Å²) in [6.45, 7) is 2.07. The quantitative estimate of drug-likeness (QED) is 0.927. The molecular formula is C16H20N2O2. The van der Waals surface area contributed by atoms with Gasteiger partial charge in [0.05, 0.1) is 11.2 Å². The standard InChI is InChI=1S/C16H20N2O2/c1-11-6-3-4-7-12(11)14-13(20-18-15(14)17)10-16(19-2)8-5-9-16/h3-4,6-7H,5,8-10H2,1-2H3,(H2,17,18). The van der Waals surface area contributed by atoms with Gasteiger partial charge in [0.15, 0.2) is 5.82 Å². The molecule has 0 unspecified atom stereocenters. The molecule has 1 aliphatic rings. The molecule has 0 bridgehead atoms. The van der Waals surface area contributed by atoms with Crippen molar-refractivity contribution < 1.29 is 9.26 Å². The van der Waals surface area contributed by atoms with Crippen LogP contribution in [0.15, 0.2) is 28.8 Å². The molecule has 2 aromatic rings. The fourth-order valence-corrected chi connectivity index (χ4v) is 2.92. The van der Waals surface area contributed by atoms with Gasteiger partial charge in [0.2, 0.25) is 0 Å². The van der Waals surface area contributed by atoms with Crippen LogP contribution in [-0.4, -0.2) is 17.9 Å². The molecule has 20 heavy (non-hydrogen) atoms. The predicted molar refractivity (Wildman–Crippen MR) is 78.4 cm³/mol. The summed E-state index contributed by atoms with van der Waals surface area (Å²) >= 11 is 0. The van der Waals surface area contributed by atoms with E-state index < -0.39 is 0 Å². The lowest BCUT2D eigenvalue weighted by molar-refractivity contribution is -0.0742. The third-order valence-electron chi connectivity index (χ3n) is 4.38. The van der Waals surface area contributed by atoms with Crippen molar-refractivity contribution in [2.45, 2.75) is 38.2 Å². The summed E-state index contributed by atoms with van der Waals surface area (Å²) < 4.78 is 11.2. The summed E-state index contributed by atoms with van der Waals surface area (Å²) in [4.78, 5) is 0. The van der Waals surface area contributed by atoms with Crippen LogP contribution < -0.4 is 5.73 Å². The molecule has 1 saturated carbocycles. The monoisotopic (exact) mass is 272 g/mol. The second-order valence-corrected chi connectivity index (χ2v) is 5.60. The molecule has 0 atom stereocenters. The lowest BCUT2D eigenvalue weighted by Crippen LogP contribution is -2.41. The first-order chi connectivity index (χ1) is 9.65. The lowest BCUT2D eigenvalue weighted by atomic mass is 9.76. The van der Waals surface area contributed by atoms with E-state index in [0.717, 1.165) is 36.1 Å². The van der Waals surface area contributed by atoms with E-state index in [9.17, 15) is 0 Å². The summed E-state index contributed by atoms with van der Waals surface area (Å²) in [5, 5.41) is 3.96. The van der Waals surface area contributed by atoms with Gasteiger partial charge in [-0.25, -0.2) is 0 Å². The maximum atomic E-state index is 6.02. The molecule has 3 rings (SSSR count). The highest BCUT2D eigenvalue weighted by Gasteiger charge is 2.39. The van der Waals surface area contributed by atoms with Crippen LogP contribution >= 0.6 is 0 Å². The first kappa shape index (κ1) is 13.2. The van der Waals surface area contributed by atoms with Gasteiger partial charge in [-0.1, -0.05) is 29.4 Å². The molecule has 0 spiro atoms. The lowest BCUT2D eigenvalue weighted by Gasteiger charge is -2.40.